The van der Waals surface area contributed by atoms with Crippen LogP contribution in [0.4, 0.5) is 0 Å². The normalized spacial score (nSPS) is 21.4. The minimum Gasteiger partial charge on any atom is -0.508 e. The van der Waals surface area contributed by atoms with Crippen LogP contribution in [0, 0.1) is 0 Å². The maximum absolute atomic E-state index is 9.88. The number of rotatable bonds is 3. The van der Waals surface area contributed by atoms with Gasteiger partial charge in [0.1, 0.15) is 5.75 Å². The molecule has 1 aliphatic rings. The number of hydrogen-bond acceptors (Lipinski definition) is 3. The quantitative estimate of drug-likeness (QED) is 0.929. The van der Waals surface area contributed by atoms with Crippen molar-refractivity contribution in [3.8, 4) is 5.75 Å². The van der Waals surface area contributed by atoms with E-state index in [1.807, 2.05) is 12.1 Å². The van der Waals surface area contributed by atoms with Gasteiger partial charge in [-0.25, -0.2) is 0 Å². The second kappa shape index (κ2) is 6.04. The highest BCUT2D eigenvalue weighted by Crippen LogP contribution is 2.24. The third-order valence-electron chi connectivity index (χ3n) is 3.68. The molecule has 0 bridgehead atoms. The SMILES string of the molecule is CN1CCCC(N(C)Cc2cc(Br)ccc2O)C1. The first-order valence-corrected chi connectivity index (χ1v) is 7.21. The van der Waals surface area contributed by atoms with E-state index < -0.39 is 0 Å². The molecule has 100 valence electrons. The summed E-state index contributed by atoms with van der Waals surface area (Å²) in [7, 11) is 4.32. The van der Waals surface area contributed by atoms with E-state index in [2.05, 4.69) is 39.8 Å². The second-order valence-electron chi connectivity index (χ2n) is 5.25. The number of phenolic OH excluding ortho intramolecular Hbond substituents is 1. The monoisotopic (exact) mass is 312 g/mol. The smallest absolute Gasteiger partial charge is 0.120 e. The summed E-state index contributed by atoms with van der Waals surface area (Å²) < 4.78 is 1.02. The molecule has 2 rings (SSSR count). The molecule has 0 spiro atoms. The molecule has 0 radical (unpaired) electrons. The predicted molar refractivity (Wildman–Crippen MR) is 77.8 cm³/mol. The first-order chi connectivity index (χ1) is 8.56. The zero-order valence-electron chi connectivity index (χ0n) is 11.1. The number of hydrogen-bond donors (Lipinski definition) is 1. The van der Waals surface area contributed by atoms with Crippen LogP contribution in [-0.4, -0.2) is 48.1 Å². The van der Waals surface area contributed by atoms with Crippen LogP contribution in [0.25, 0.3) is 0 Å². The van der Waals surface area contributed by atoms with Gasteiger partial charge in [-0.2, -0.15) is 0 Å². The maximum Gasteiger partial charge on any atom is 0.120 e. The highest BCUT2D eigenvalue weighted by Gasteiger charge is 2.21. The van der Waals surface area contributed by atoms with Crippen molar-refractivity contribution in [3.63, 3.8) is 0 Å². The Morgan fingerprint density at radius 1 is 1.50 bits per heavy atom. The molecule has 1 unspecified atom stereocenters. The van der Waals surface area contributed by atoms with E-state index >= 15 is 0 Å². The van der Waals surface area contributed by atoms with Crippen molar-refractivity contribution in [2.24, 2.45) is 0 Å². The molecule has 1 heterocycles. The van der Waals surface area contributed by atoms with Crippen LogP contribution >= 0.6 is 15.9 Å². The number of benzene rings is 1. The third-order valence-corrected chi connectivity index (χ3v) is 4.18. The van der Waals surface area contributed by atoms with E-state index in [0.717, 1.165) is 23.1 Å². The van der Waals surface area contributed by atoms with Gasteiger partial charge in [0.2, 0.25) is 0 Å². The topological polar surface area (TPSA) is 26.7 Å². The highest BCUT2D eigenvalue weighted by molar-refractivity contribution is 9.10. The minimum atomic E-state index is 0.384. The van der Waals surface area contributed by atoms with Crippen LogP contribution in [0.2, 0.25) is 0 Å². The van der Waals surface area contributed by atoms with Crippen LogP contribution in [0.5, 0.6) is 5.75 Å². The number of piperidine rings is 1. The molecule has 1 saturated heterocycles. The van der Waals surface area contributed by atoms with Crippen molar-refractivity contribution in [2.75, 3.05) is 27.2 Å². The second-order valence-corrected chi connectivity index (χ2v) is 6.16. The van der Waals surface area contributed by atoms with Gasteiger partial charge in [0.25, 0.3) is 0 Å². The molecule has 1 aromatic carbocycles. The molecule has 18 heavy (non-hydrogen) atoms. The van der Waals surface area contributed by atoms with Gasteiger partial charge in [0.15, 0.2) is 0 Å². The van der Waals surface area contributed by atoms with Gasteiger partial charge in [0, 0.05) is 29.2 Å². The molecular weight excluding hydrogens is 292 g/mol. The Kier molecular flexibility index (Phi) is 4.65. The lowest BCUT2D eigenvalue weighted by atomic mass is 10.0. The number of likely N-dealkylation sites (N-methyl/N-ethyl adjacent to an activating group) is 2. The summed E-state index contributed by atoms with van der Waals surface area (Å²) in [5, 5.41) is 9.88. The van der Waals surface area contributed by atoms with Crippen LogP contribution in [0.3, 0.4) is 0 Å². The molecule has 0 aromatic heterocycles. The van der Waals surface area contributed by atoms with Gasteiger partial charge in [-0.1, -0.05) is 15.9 Å². The van der Waals surface area contributed by atoms with E-state index in [1.54, 1.807) is 6.07 Å². The fraction of sp³-hybridized carbons (Fsp3) is 0.571. The van der Waals surface area contributed by atoms with E-state index in [4.69, 9.17) is 0 Å². The molecule has 1 atom stereocenters. The summed E-state index contributed by atoms with van der Waals surface area (Å²) in [6.45, 7) is 3.11. The Morgan fingerprint density at radius 2 is 2.28 bits per heavy atom. The summed E-state index contributed by atoms with van der Waals surface area (Å²) in [4.78, 5) is 4.72. The molecule has 1 aromatic rings. The van der Waals surface area contributed by atoms with Gasteiger partial charge in [-0.15, -0.1) is 0 Å². The Morgan fingerprint density at radius 3 is 3.00 bits per heavy atom. The summed E-state index contributed by atoms with van der Waals surface area (Å²) >= 11 is 3.45. The maximum atomic E-state index is 9.88. The van der Waals surface area contributed by atoms with Crippen molar-refractivity contribution in [3.05, 3.63) is 28.2 Å². The first kappa shape index (κ1) is 13.8. The van der Waals surface area contributed by atoms with Crippen LogP contribution in [0.1, 0.15) is 18.4 Å². The zero-order valence-corrected chi connectivity index (χ0v) is 12.7. The molecule has 4 heteroatoms. The lowest BCUT2D eigenvalue weighted by Gasteiger charge is -2.36. The molecule has 1 fully saturated rings. The van der Waals surface area contributed by atoms with Gasteiger partial charge >= 0.3 is 0 Å². The Balaban J connectivity index is 2.01. The fourth-order valence-electron chi connectivity index (χ4n) is 2.58. The molecule has 0 saturated carbocycles. The molecule has 0 aliphatic carbocycles. The third kappa shape index (κ3) is 3.46. The Bertz CT molecular complexity index is 411. The summed E-state index contributed by atoms with van der Waals surface area (Å²) in [6.07, 6.45) is 2.51. The zero-order chi connectivity index (χ0) is 13.1. The molecule has 1 N–H and O–H groups in total. The number of aromatic hydroxyl groups is 1. The molecular formula is C14H21BrN2O. The number of likely N-dealkylation sites (tertiary alicyclic amines) is 1. The van der Waals surface area contributed by atoms with Crippen molar-refractivity contribution in [1.82, 2.24) is 9.80 Å². The highest BCUT2D eigenvalue weighted by atomic mass is 79.9. The summed E-state index contributed by atoms with van der Waals surface area (Å²) in [5.74, 6) is 0.384. The largest absolute Gasteiger partial charge is 0.508 e. The lowest BCUT2D eigenvalue weighted by Crippen LogP contribution is -2.44. The van der Waals surface area contributed by atoms with Crippen LogP contribution in [-0.2, 0) is 6.54 Å². The Hall–Kier alpha value is -0.580. The van der Waals surface area contributed by atoms with Gasteiger partial charge < -0.3 is 10.0 Å². The van der Waals surface area contributed by atoms with Crippen molar-refractivity contribution in [2.45, 2.75) is 25.4 Å². The van der Waals surface area contributed by atoms with E-state index in [1.165, 1.54) is 19.4 Å². The van der Waals surface area contributed by atoms with E-state index in [-0.39, 0.29) is 0 Å². The van der Waals surface area contributed by atoms with Crippen LogP contribution < -0.4 is 0 Å². The van der Waals surface area contributed by atoms with Crippen LogP contribution in [0.15, 0.2) is 22.7 Å². The lowest BCUT2D eigenvalue weighted by molar-refractivity contribution is 0.129. The minimum absolute atomic E-state index is 0.384. The summed E-state index contributed by atoms with van der Waals surface area (Å²) in [6, 6.07) is 6.20. The Labute approximate surface area is 118 Å². The van der Waals surface area contributed by atoms with Gasteiger partial charge in [0.05, 0.1) is 0 Å². The van der Waals surface area contributed by atoms with E-state index in [0.29, 0.717) is 11.8 Å². The van der Waals surface area contributed by atoms with Crippen molar-refractivity contribution >= 4 is 15.9 Å². The average Bonchev–Trinajstić information content (AvgIpc) is 2.34. The van der Waals surface area contributed by atoms with Gasteiger partial charge in [-0.3, -0.25) is 4.90 Å². The summed E-state index contributed by atoms with van der Waals surface area (Å²) in [5.41, 5.74) is 0.986. The van der Waals surface area contributed by atoms with E-state index in [9.17, 15) is 5.11 Å². The predicted octanol–water partition coefficient (Wildman–Crippen LogP) is 2.68. The number of nitrogens with zero attached hydrogens (tertiary/aromatic N) is 2. The van der Waals surface area contributed by atoms with Gasteiger partial charge in [-0.05, 0) is 51.7 Å². The standard InChI is InChI=1S/C14H21BrN2O/c1-16-7-3-4-13(10-16)17(2)9-11-8-12(15)5-6-14(11)18/h5-6,8,13,18H,3-4,7,9-10H2,1-2H3. The fourth-order valence-corrected chi connectivity index (χ4v) is 2.99. The molecule has 1 aliphatic heterocycles. The number of halogens is 1. The van der Waals surface area contributed by atoms with Crippen molar-refractivity contribution < 1.29 is 5.11 Å². The average molecular weight is 313 g/mol. The van der Waals surface area contributed by atoms with Crippen molar-refractivity contribution in [1.29, 1.82) is 0 Å². The molecule has 0 amide bonds. The number of phenols is 1. The molecule has 3 nitrogen and oxygen atoms in total. The first-order valence-electron chi connectivity index (χ1n) is 6.42.